The van der Waals surface area contributed by atoms with Crippen LogP contribution < -0.4 is 10.5 Å². The predicted octanol–water partition coefficient (Wildman–Crippen LogP) is 4.36. The Labute approximate surface area is 154 Å². The number of thiophene rings is 1. The molecule has 0 fully saturated rings. The lowest BCUT2D eigenvalue weighted by Crippen LogP contribution is -1.87. The molecule has 0 atom stereocenters. The van der Waals surface area contributed by atoms with Crippen LogP contribution in [0.5, 0.6) is 5.75 Å². The van der Waals surface area contributed by atoms with Crippen LogP contribution in [0.25, 0.3) is 33.0 Å². The van der Waals surface area contributed by atoms with E-state index in [1.165, 1.54) is 20.9 Å². The molecule has 0 bridgehead atoms. The molecule has 26 heavy (non-hydrogen) atoms. The summed E-state index contributed by atoms with van der Waals surface area (Å²) < 4.78 is 5.24. The van der Waals surface area contributed by atoms with Crippen molar-refractivity contribution in [2.45, 2.75) is 6.42 Å². The summed E-state index contributed by atoms with van der Waals surface area (Å²) in [6.07, 6.45) is 4.41. The van der Waals surface area contributed by atoms with Crippen molar-refractivity contribution in [1.29, 1.82) is 0 Å². The van der Waals surface area contributed by atoms with Crippen molar-refractivity contribution in [3.05, 3.63) is 59.2 Å². The third-order valence-electron chi connectivity index (χ3n) is 4.69. The van der Waals surface area contributed by atoms with Gasteiger partial charge in [0.15, 0.2) is 0 Å². The molecule has 1 aromatic carbocycles. The van der Waals surface area contributed by atoms with Gasteiger partial charge < -0.3 is 10.5 Å². The SMILES string of the molecule is COc1ccc(-c2n[nH]c3c2Cc2sc(-c4cncc(N)c4)cc2-3)cc1. The second-order valence-corrected chi connectivity index (χ2v) is 7.42. The lowest BCUT2D eigenvalue weighted by molar-refractivity contribution is 0.415. The molecule has 3 aromatic heterocycles. The fourth-order valence-corrected chi connectivity index (χ4v) is 4.57. The maximum Gasteiger partial charge on any atom is 0.118 e. The summed E-state index contributed by atoms with van der Waals surface area (Å²) in [5, 5.41) is 7.80. The largest absolute Gasteiger partial charge is 0.497 e. The summed E-state index contributed by atoms with van der Waals surface area (Å²) in [6, 6.07) is 12.2. The Morgan fingerprint density at radius 1 is 1.12 bits per heavy atom. The monoisotopic (exact) mass is 360 g/mol. The maximum atomic E-state index is 5.87. The number of anilines is 1. The Kier molecular flexibility index (Phi) is 3.33. The molecule has 0 radical (unpaired) electrons. The van der Waals surface area contributed by atoms with Crippen molar-refractivity contribution in [3.63, 3.8) is 0 Å². The number of hydrogen-bond donors (Lipinski definition) is 2. The molecule has 4 aromatic rings. The number of nitrogens with one attached hydrogen (secondary N) is 1. The van der Waals surface area contributed by atoms with E-state index in [9.17, 15) is 0 Å². The topological polar surface area (TPSA) is 76.8 Å². The molecule has 0 amide bonds. The van der Waals surface area contributed by atoms with E-state index in [0.717, 1.165) is 34.7 Å². The molecule has 0 unspecified atom stereocenters. The third-order valence-corrected chi connectivity index (χ3v) is 5.87. The Morgan fingerprint density at radius 3 is 2.73 bits per heavy atom. The molecule has 1 aliphatic rings. The van der Waals surface area contributed by atoms with Crippen LogP contribution in [0.1, 0.15) is 10.4 Å². The fourth-order valence-electron chi connectivity index (χ4n) is 3.41. The van der Waals surface area contributed by atoms with E-state index in [4.69, 9.17) is 10.5 Å². The lowest BCUT2D eigenvalue weighted by atomic mass is 10.1. The highest BCUT2D eigenvalue weighted by Crippen LogP contribution is 2.46. The number of H-pyrrole nitrogens is 1. The number of ether oxygens (including phenoxy) is 1. The summed E-state index contributed by atoms with van der Waals surface area (Å²) >= 11 is 1.79. The first kappa shape index (κ1) is 15.2. The highest BCUT2D eigenvalue weighted by atomic mass is 32.1. The molecule has 3 N–H and O–H groups in total. The number of nitrogens with zero attached hydrogens (tertiary/aromatic N) is 2. The number of aromatic amines is 1. The molecule has 1 aliphatic carbocycles. The number of rotatable bonds is 3. The maximum absolute atomic E-state index is 5.87. The van der Waals surface area contributed by atoms with Gasteiger partial charge in [-0.3, -0.25) is 10.1 Å². The molecule has 0 aliphatic heterocycles. The van der Waals surface area contributed by atoms with Crippen LogP contribution in [-0.2, 0) is 6.42 Å². The summed E-state index contributed by atoms with van der Waals surface area (Å²) in [6.45, 7) is 0. The predicted molar refractivity (Wildman–Crippen MR) is 104 cm³/mol. The number of hydrogen-bond acceptors (Lipinski definition) is 5. The molecule has 0 saturated carbocycles. The minimum Gasteiger partial charge on any atom is -0.497 e. The van der Waals surface area contributed by atoms with Crippen molar-refractivity contribution in [3.8, 4) is 38.7 Å². The van der Waals surface area contributed by atoms with Crippen molar-refractivity contribution >= 4 is 17.0 Å². The number of fused-ring (bicyclic) bond motifs is 3. The van der Waals surface area contributed by atoms with Gasteiger partial charge in [-0.25, -0.2) is 0 Å². The third kappa shape index (κ3) is 2.30. The molecule has 5 rings (SSSR count). The molecular formula is C20H16N4OS. The van der Waals surface area contributed by atoms with Gasteiger partial charge in [0.2, 0.25) is 0 Å². The van der Waals surface area contributed by atoms with Crippen molar-refractivity contribution in [2.75, 3.05) is 12.8 Å². The van der Waals surface area contributed by atoms with E-state index in [-0.39, 0.29) is 0 Å². The van der Waals surface area contributed by atoms with Gasteiger partial charge in [-0.05, 0) is 36.4 Å². The molecule has 3 heterocycles. The standard InChI is InChI=1S/C20H16N4OS/c1-25-14-4-2-11(3-5-14)19-16-8-18-15(20(16)24-23-19)7-17(26-18)12-6-13(21)10-22-9-12/h2-7,9-10H,8,21H2,1H3,(H,23,24). The van der Waals surface area contributed by atoms with E-state index in [1.807, 2.05) is 36.5 Å². The average molecular weight is 360 g/mol. The van der Waals surface area contributed by atoms with Gasteiger partial charge in [0.25, 0.3) is 0 Å². The van der Waals surface area contributed by atoms with Crippen LogP contribution in [0.3, 0.4) is 0 Å². The molecule has 0 spiro atoms. The molecule has 0 saturated heterocycles. The van der Waals surface area contributed by atoms with Crippen LogP contribution in [0.2, 0.25) is 0 Å². The number of pyridine rings is 1. The second-order valence-electron chi connectivity index (χ2n) is 6.29. The van der Waals surface area contributed by atoms with E-state index in [2.05, 4.69) is 21.2 Å². The van der Waals surface area contributed by atoms with Crippen LogP contribution in [0, 0.1) is 0 Å². The van der Waals surface area contributed by atoms with E-state index in [1.54, 1.807) is 24.6 Å². The van der Waals surface area contributed by atoms with Gasteiger partial charge >= 0.3 is 0 Å². The lowest BCUT2D eigenvalue weighted by Gasteiger charge is -2.03. The van der Waals surface area contributed by atoms with Gasteiger partial charge in [-0.2, -0.15) is 5.10 Å². The number of nitrogen functional groups attached to an aromatic ring is 1. The minimum absolute atomic E-state index is 0.681. The number of aromatic nitrogens is 3. The smallest absolute Gasteiger partial charge is 0.118 e. The molecule has 128 valence electrons. The van der Waals surface area contributed by atoms with E-state index in [0.29, 0.717) is 5.69 Å². The van der Waals surface area contributed by atoms with Gasteiger partial charge in [0.05, 0.1) is 24.2 Å². The van der Waals surface area contributed by atoms with Gasteiger partial charge in [0.1, 0.15) is 5.75 Å². The first-order valence-corrected chi connectivity index (χ1v) is 9.10. The Hall–Kier alpha value is -3.12. The summed E-state index contributed by atoms with van der Waals surface area (Å²) in [4.78, 5) is 6.73. The van der Waals surface area contributed by atoms with Crippen molar-refractivity contribution in [1.82, 2.24) is 15.2 Å². The van der Waals surface area contributed by atoms with E-state index < -0.39 is 0 Å². The van der Waals surface area contributed by atoms with Crippen LogP contribution in [0.4, 0.5) is 5.69 Å². The van der Waals surface area contributed by atoms with Gasteiger partial charge in [-0.15, -0.1) is 11.3 Å². The van der Waals surface area contributed by atoms with Crippen molar-refractivity contribution < 1.29 is 4.74 Å². The summed E-state index contributed by atoms with van der Waals surface area (Å²) in [5.41, 5.74) is 13.3. The Morgan fingerprint density at radius 2 is 1.96 bits per heavy atom. The highest BCUT2D eigenvalue weighted by molar-refractivity contribution is 7.16. The first-order chi connectivity index (χ1) is 12.7. The highest BCUT2D eigenvalue weighted by Gasteiger charge is 2.27. The second kappa shape index (κ2) is 5.71. The number of methoxy groups -OCH3 is 1. The Balaban J connectivity index is 1.53. The van der Waals surface area contributed by atoms with Crippen molar-refractivity contribution in [2.24, 2.45) is 0 Å². The van der Waals surface area contributed by atoms with Crippen LogP contribution >= 0.6 is 11.3 Å². The van der Waals surface area contributed by atoms with E-state index >= 15 is 0 Å². The number of nitrogens with two attached hydrogens (primary N) is 1. The normalized spacial score (nSPS) is 12.0. The minimum atomic E-state index is 0.681. The fraction of sp³-hybridized carbons (Fsp3) is 0.100. The summed E-state index contributed by atoms with van der Waals surface area (Å²) in [7, 11) is 1.67. The zero-order valence-electron chi connectivity index (χ0n) is 14.1. The average Bonchev–Trinajstić information content (AvgIpc) is 3.33. The zero-order valence-corrected chi connectivity index (χ0v) is 14.9. The molecule has 5 nitrogen and oxygen atoms in total. The zero-order chi connectivity index (χ0) is 17.7. The molecular weight excluding hydrogens is 344 g/mol. The quantitative estimate of drug-likeness (QED) is 0.501. The van der Waals surface area contributed by atoms with Gasteiger partial charge in [-0.1, -0.05) is 0 Å². The van der Waals surface area contributed by atoms with Crippen LogP contribution in [-0.4, -0.2) is 22.3 Å². The molecule has 6 heteroatoms. The summed E-state index contributed by atoms with van der Waals surface area (Å²) in [5.74, 6) is 0.848. The Bertz CT molecular complexity index is 1110. The first-order valence-electron chi connectivity index (χ1n) is 8.28. The van der Waals surface area contributed by atoms with Gasteiger partial charge in [0, 0.05) is 50.8 Å². The number of benzene rings is 1. The van der Waals surface area contributed by atoms with Crippen LogP contribution in [0.15, 0.2) is 48.8 Å².